The standard InChI is InChI=1S/C21H28N4O2/c1-14-6-5-7-19(15(14)2)24-10-12-25(13-11-24)20(26)9-8-18-16(3)22-17(4)23-21(18)27/h5-7H,8-13H2,1-4H3,(H,22,23,27). The number of H-pyrrole nitrogens is 1. The number of nitrogens with zero attached hydrogens (tertiary/aromatic N) is 3. The first-order chi connectivity index (χ1) is 12.9. The topological polar surface area (TPSA) is 69.3 Å². The van der Waals surface area contributed by atoms with Crippen LogP contribution >= 0.6 is 0 Å². The molecule has 0 bridgehead atoms. The SMILES string of the molecule is Cc1nc(C)c(CCC(=O)N2CCN(c3cccc(C)c3C)CC2)c(=O)[nH]1. The van der Waals surface area contributed by atoms with Crippen LogP contribution in [0, 0.1) is 27.7 Å². The number of carbonyl (C=O) groups excluding carboxylic acids is 1. The molecule has 0 spiro atoms. The number of piperazine rings is 1. The Labute approximate surface area is 160 Å². The highest BCUT2D eigenvalue weighted by molar-refractivity contribution is 5.77. The molecule has 6 heteroatoms. The van der Waals surface area contributed by atoms with E-state index < -0.39 is 0 Å². The third kappa shape index (κ3) is 4.21. The van der Waals surface area contributed by atoms with Gasteiger partial charge in [-0.25, -0.2) is 4.98 Å². The van der Waals surface area contributed by atoms with Crippen molar-refractivity contribution in [1.29, 1.82) is 0 Å². The molecule has 2 aromatic rings. The van der Waals surface area contributed by atoms with Crippen molar-refractivity contribution in [3.05, 3.63) is 56.8 Å². The third-order valence-electron chi connectivity index (χ3n) is 5.48. The molecule has 144 valence electrons. The van der Waals surface area contributed by atoms with Crippen molar-refractivity contribution < 1.29 is 4.79 Å². The normalized spacial score (nSPS) is 14.5. The fourth-order valence-electron chi connectivity index (χ4n) is 3.71. The molecule has 0 radical (unpaired) electrons. The molecule has 0 atom stereocenters. The first kappa shape index (κ1) is 19.1. The van der Waals surface area contributed by atoms with Gasteiger partial charge >= 0.3 is 0 Å². The zero-order valence-corrected chi connectivity index (χ0v) is 16.6. The molecule has 1 N–H and O–H groups in total. The molecule has 27 heavy (non-hydrogen) atoms. The highest BCUT2D eigenvalue weighted by atomic mass is 16.2. The lowest BCUT2D eigenvalue weighted by molar-refractivity contribution is -0.131. The Balaban J connectivity index is 1.58. The van der Waals surface area contributed by atoms with Gasteiger partial charge in [-0.1, -0.05) is 12.1 Å². The van der Waals surface area contributed by atoms with E-state index in [1.54, 1.807) is 6.92 Å². The lowest BCUT2D eigenvalue weighted by Gasteiger charge is -2.37. The number of amides is 1. The Morgan fingerprint density at radius 2 is 1.81 bits per heavy atom. The van der Waals surface area contributed by atoms with Crippen LogP contribution in [0.4, 0.5) is 5.69 Å². The molecule has 1 aromatic carbocycles. The Hall–Kier alpha value is -2.63. The van der Waals surface area contributed by atoms with E-state index >= 15 is 0 Å². The van der Waals surface area contributed by atoms with Crippen LogP contribution in [0.5, 0.6) is 0 Å². The number of hydrogen-bond acceptors (Lipinski definition) is 4. The average molecular weight is 368 g/mol. The molecule has 0 unspecified atom stereocenters. The smallest absolute Gasteiger partial charge is 0.254 e. The summed E-state index contributed by atoms with van der Waals surface area (Å²) < 4.78 is 0. The van der Waals surface area contributed by atoms with Crippen LogP contribution in [0.3, 0.4) is 0 Å². The van der Waals surface area contributed by atoms with Crippen LogP contribution in [0.1, 0.15) is 34.6 Å². The van der Waals surface area contributed by atoms with Gasteiger partial charge in [0.2, 0.25) is 5.91 Å². The van der Waals surface area contributed by atoms with Gasteiger partial charge < -0.3 is 14.8 Å². The molecule has 1 aromatic heterocycles. The third-order valence-corrected chi connectivity index (χ3v) is 5.48. The molecular weight excluding hydrogens is 340 g/mol. The number of rotatable bonds is 4. The van der Waals surface area contributed by atoms with Gasteiger partial charge in [0.05, 0.1) is 0 Å². The minimum absolute atomic E-state index is 0.106. The van der Waals surface area contributed by atoms with Crippen molar-refractivity contribution >= 4 is 11.6 Å². The van der Waals surface area contributed by atoms with Crippen LogP contribution < -0.4 is 10.5 Å². The summed E-state index contributed by atoms with van der Waals surface area (Å²) in [6.45, 7) is 11.0. The molecule has 2 heterocycles. The number of benzene rings is 1. The minimum Gasteiger partial charge on any atom is -0.368 e. The van der Waals surface area contributed by atoms with E-state index in [2.05, 4.69) is 46.9 Å². The number of hydrogen-bond donors (Lipinski definition) is 1. The number of aryl methyl sites for hydroxylation is 3. The first-order valence-corrected chi connectivity index (χ1v) is 9.52. The molecular formula is C21H28N4O2. The Kier molecular flexibility index (Phi) is 5.63. The van der Waals surface area contributed by atoms with Crippen molar-refractivity contribution in [3.8, 4) is 0 Å². The summed E-state index contributed by atoms with van der Waals surface area (Å²) in [7, 11) is 0. The molecule has 1 saturated heterocycles. The van der Waals surface area contributed by atoms with Gasteiger partial charge in [0, 0.05) is 49.5 Å². The second-order valence-electron chi connectivity index (χ2n) is 7.30. The number of anilines is 1. The summed E-state index contributed by atoms with van der Waals surface area (Å²) in [5.41, 5.74) is 5.05. The van der Waals surface area contributed by atoms with E-state index in [9.17, 15) is 9.59 Å². The lowest BCUT2D eigenvalue weighted by Crippen LogP contribution is -2.49. The second kappa shape index (κ2) is 7.94. The van der Waals surface area contributed by atoms with E-state index in [1.165, 1.54) is 16.8 Å². The summed E-state index contributed by atoms with van der Waals surface area (Å²) >= 11 is 0. The maximum atomic E-state index is 12.6. The zero-order valence-electron chi connectivity index (χ0n) is 16.6. The molecule has 1 fully saturated rings. The van der Waals surface area contributed by atoms with Gasteiger partial charge in [-0.15, -0.1) is 0 Å². The monoisotopic (exact) mass is 368 g/mol. The van der Waals surface area contributed by atoms with Gasteiger partial charge in [0.15, 0.2) is 0 Å². The van der Waals surface area contributed by atoms with Crippen LogP contribution in [-0.4, -0.2) is 47.0 Å². The maximum Gasteiger partial charge on any atom is 0.254 e. The van der Waals surface area contributed by atoms with Crippen LogP contribution in [0.15, 0.2) is 23.0 Å². The number of aromatic nitrogens is 2. The van der Waals surface area contributed by atoms with Gasteiger partial charge in [-0.05, 0) is 51.3 Å². The van der Waals surface area contributed by atoms with Crippen molar-refractivity contribution in [2.75, 3.05) is 31.1 Å². The van der Waals surface area contributed by atoms with Crippen LogP contribution in [0.2, 0.25) is 0 Å². The molecule has 1 aliphatic heterocycles. The number of aromatic amines is 1. The van der Waals surface area contributed by atoms with E-state index in [0.29, 0.717) is 43.0 Å². The zero-order chi connectivity index (χ0) is 19.6. The molecule has 3 rings (SSSR count). The molecule has 0 saturated carbocycles. The predicted octanol–water partition coefficient (Wildman–Crippen LogP) is 2.28. The Morgan fingerprint density at radius 3 is 2.48 bits per heavy atom. The highest BCUT2D eigenvalue weighted by Crippen LogP contribution is 2.24. The van der Waals surface area contributed by atoms with Gasteiger partial charge in [0.25, 0.3) is 5.56 Å². The van der Waals surface area contributed by atoms with Crippen molar-refractivity contribution in [1.82, 2.24) is 14.9 Å². The predicted molar refractivity (Wildman–Crippen MR) is 107 cm³/mol. The quantitative estimate of drug-likeness (QED) is 0.899. The Morgan fingerprint density at radius 1 is 1.11 bits per heavy atom. The highest BCUT2D eigenvalue weighted by Gasteiger charge is 2.22. The number of nitrogens with one attached hydrogen (secondary N) is 1. The van der Waals surface area contributed by atoms with Crippen LogP contribution in [-0.2, 0) is 11.2 Å². The fourth-order valence-corrected chi connectivity index (χ4v) is 3.71. The Bertz CT molecular complexity index is 896. The molecule has 6 nitrogen and oxygen atoms in total. The van der Waals surface area contributed by atoms with E-state index in [-0.39, 0.29) is 11.5 Å². The maximum absolute atomic E-state index is 12.6. The van der Waals surface area contributed by atoms with E-state index in [0.717, 1.165) is 13.1 Å². The van der Waals surface area contributed by atoms with Gasteiger partial charge in [-0.3, -0.25) is 9.59 Å². The summed E-state index contributed by atoms with van der Waals surface area (Å²) in [5.74, 6) is 0.713. The second-order valence-corrected chi connectivity index (χ2v) is 7.30. The minimum atomic E-state index is -0.132. The largest absolute Gasteiger partial charge is 0.368 e. The van der Waals surface area contributed by atoms with Crippen LogP contribution in [0.25, 0.3) is 0 Å². The van der Waals surface area contributed by atoms with E-state index in [4.69, 9.17) is 0 Å². The molecule has 1 aliphatic rings. The van der Waals surface area contributed by atoms with Crippen molar-refractivity contribution in [2.24, 2.45) is 0 Å². The summed E-state index contributed by atoms with van der Waals surface area (Å²) in [6.07, 6.45) is 0.780. The average Bonchev–Trinajstić information content (AvgIpc) is 2.63. The number of carbonyl (C=O) groups is 1. The van der Waals surface area contributed by atoms with E-state index in [1.807, 2.05) is 11.8 Å². The van der Waals surface area contributed by atoms with Crippen molar-refractivity contribution in [2.45, 2.75) is 40.5 Å². The van der Waals surface area contributed by atoms with Crippen molar-refractivity contribution in [3.63, 3.8) is 0 Å². The summed E-state index contributed by atoms with van der Waals surface area (Å²) in [6, 6.07) is 6.37. The van der Waals surface area contributed by atoms with Gasteiger partial charge in [0.1, 0.15) is 5.82 Å². The lowest BCUT2D eigenvalue weighted by atomic mass is 10.1. The molecule has 0 aliphatic carbocycles. The summed E-state index contributed by atoms with van der Waals surface area (Å²) in [4.78, 5) is 36.0. The van der Waals surface area contributed by atoms with Gasteiger partial charge in [-0.2, -0.15) is 0 Å². The first-order valence-electron chi connectivity index (χ1n) is 9.52. The molecule has 1 amide bonds. The summed E-state index contributed by atoms with van der Waals surface area (Å²) in [5, 5.41) is 0. The fraction of sp³-hybridized carbons (Fsp3) is 0.476.